The number of fused-ring (bicyclic) bond motifs is 1. The first-order chi connectivity index (χ1) is 9.61. The van der Waals surface area contributed by atoms with E-state index in [1.54, 1.807) is 24.0 Å². The molecule has 0 radical (unpaired) electrons. The summed E-state index contributed by atoms with van der Waals surface area (Å²) < 4.78 is 0. The number of urea groups is 1. The molecule has 104 valence electrons. The van der Waals surface area contributed by atoms with Gasteiger partial charge in [0.15, 0.2) is 0 Å². The second-order valence-corrected chi connectivity index (χ2v) is 4.55. The summed E-state index contributed by atoms with van der Waals surface area (Å²) in [7, 11) is 0. The Labute approximate surface area is 117 Å². The lowest BCUT2D eigenvalue weighted by Crippen LogP contribution is -2.42. The lowest BCUT2D eigenvalue weighted by atomic mass is 9.97. The third-order valence-electron chi connectivity index (χ3n) is 3.26. The van der Waals surface area contributed by atoms with Gasteiger partial charge in [0, 0.05) is 13.1 Å². The van der Waals surface area contributed by atoms with Crippen molar-refractivity contribution in [3.8, 4) is 11.8 Å². The van der Waals surface area contributed by atoms with Gasteiger partial charge in [0.1, 0.15) is 0 Å². The van der Waals surface area contributed by atoms with Gasteiger partial charge in [-0.1, -0.05) is 12.0 Å². The minimum atomic E-state index is -0.951. The summed E-state index contributed by atoms with van der Waals surface area (Å²) in [5.41, 5.74) is 2.25. The molecular weight excluding hydrogens is 256 g/mol. The monoisotopic (exact) mass is 272 g/mol. The van der Waals surface area contributed by atoms with Crippen molar-refractivity contribution < 1.29 is 14.7 Å². The van der Waals surface area contributed by atoms with Crippen LogP contribution < -0.4 is 5.32 Å². The van der Waals surface area contributed by atoms with Crippen LogP contribution in [0.1, 0.15) is 28.4 Å². The normalized spacial score (nSPS) is 12.9. The van der Waals surface area contributed by atoms with Crippen molar-refractivity contribution in [3.05, 3.63) is 34.9 Å². The molecule has 0 spiro atoms. The van der Waals surface area contributed by atoms with Crippen molar-refractivity contribution in [3.63, 3.8) is 0 Å². The van der Waals surface area contributed by atoms with Crippen LogP contribution in [0.5, 0.6) is 0 Å². The summed E-state index contributed by atoms with van der Waals surface area (Å²) >= 11 is 0. The van der Waals surface area contributed by atoms with Gasteiger partial charge in [-0.15, -0.1) is 5.92 Å². The van der Waals surface area contributed by atoms with Crippen LogP contribution in [0.25, 0.3) is 0 Å². The maximum absolute atomic E-state index is 11.9. The quantitative estimate of drug-likeness (QED) is 0.801. The van der Waals surface area contributed by atoms with Crippen molar-refractivity contribution in [1.82, 2.24) is 10.2 Å². The lowest BCUT2D eigenvalue weighted by Gasteiger charge is -2.29. The van der Waals surface area contributed by atoms with E-state index in [1.165, 1.54) is 0 Å². The molecule has 5 heteroatoms. The maximum atomic E-state index is 11.9. The van der Waals surface area contributed by atoms with Crippen LogP contribution >= 0.6 is 0 Å². The van der Waals surface area contributed by atoms with Crippen LogP contribution in [0.4, 0.5) is 4.79 Å². The van der Waals surface area contributed by atoms with Crippen molar-refractivity contribution >= 4 is 12.0 Å². The smallest absolute Gasteiger partial charge is 0.335 e. The molecule has 2 amide bonds. The number of nitrogens with zero attached hydrogens (tertiary/aromatic N) is 1. The maximum Gasteiger partial charge on any atom is 0.335 e. The number of carboxylic acid groups (broad SMARTS) is 1. The summed E-state index contributed by atoms with van der Waals surface area (Å²) in [4.78, 5) is 24.6. The van der Waals surface area contributed by atoms with E-state index in [2.05, 4.69) is 17.2 Å². The molecule has 0 saturated carbocycles. The van der Waals surface area contributed by atoms with Gasteiger partial charge in [0.25, 0.3) is 0 Å². The molecule has 0 aliphatic carbocycles. The van der Waals surface area contributed by atoms with Crippen molar-refractivity contribution in [1.29, 1.82) is 0 Å². The Kier molecular flexibility index (Phi) is 4.26. The minimum absolute atomic E-state index is 0.167. The molecule has 0 aromatic heterocycles. The molecule has 5 nitrogen and oxygen atoms in total. The standard InChI is InChI=1S/C15H16N2O3/c1-2-3-7-16-15(20)17-8-6-11-4-5-12(14(18)19)9-13(11)10-17/h4-5,9H,6-8,10H2,1H3,(H,16,20)(H,18,19). The zero-order chi connectivity index (χ0) is 14.5. The second kappa shape index (κ2) is 6.11. The average Bonchev–Trinajstić information content (AvgIpc) is 2.46. The highest BCUT2D eigenvalue weighted by Gasteiger charge is 2.21. The number of aromatic carboxylic acids is 1. The number of hydrogen-bond acceptors (Lipinski definition) is 2. The van der Waals surface area contributed by atoms with Gasteiger partial charge in [0.05, 0.1) is 12.1 Å². The van der Waals surface area contributed by atoms with Gasteiger partial charge in [0.2, 0.25) is 0 Å². The Bertz CT molecular complexity index is 599. The van der Waals surface area contributed by atoms with Gasteiger partial charge in [-0.3, -0.25) is 0 Å². The van der Waals surface area contributed by atoms with Crippen LogP contribution in [-0.2, 0) is 13.0 Å². The number of nitrogens with one attached hydrogen (secondary N) is 1. The van der Waals surface area contributed by atoms with Gasteiger partial charge >= 0.3 is 12.0 Å². The molecule has 0 atom stereocenters. The summed E-state index contributed by atoms with van der Waals surface area (Å²) in [6, 6.07) is 4.91. The van der Waals surface area contributed by atoms with Gasteiger partial charge in [-0.2, -0.15) is 0 Å². The lowest BCUT2D eigenvalue weighted by molar-refractivity contribution is 0.0696. The topological polar surface area (TPSA) is 69.6 Å². The zero-order valence-corrected chi connectivity index (χ0v) is 11.3. The van der Waals surface area contributed by atoms with Crippen LogP contribution in [0.3, 0.4) is 0 Å². The number of hydrogen-bond donors (Lipinski definition) is 2. The first-order valence-corrected chi connectivity index (χ1v) is 6.39. The zero-order valence-electron chi connectivity index (χ0n) is 11.3. The summed E-state index contributed by atoms with van der Waals surface area (Å²) in [6.07, 6.45) is 0.738. The van der Waals surface area contributed by atoms with E-state index in [4.69, 9.17) is 5.11 Å². The van der Waals surface area contributed by atoms with E-state index in [1.807, 2.05) is 6.07 Å². The van der Waals surface area contributed by atoms with E-state index in [0.717, 1.165) is 17.5 Å². The van der Waals surface area contributed by atoms with E-state index >= 15 is 0 Å². The van der Waals surface area contributed by atoms with Crippen LogP contribution in [-0.4, -0.2) is 35.1 Å². The molecule has 0 bridgehead atoms. The first kappa shape index (κ1) is 13.9. The Morgan fingerprint density at radius 1 is 1.40 bits per heavy atom. The first-order valence-electron chi connectivity index (χ1n) is 6.39. The summed E-state index contributed by atoms with van der Waals surface area (Å²) in [5, 5.41) is 11.7. The van der Waals surface area contributed by atoms with Crippen molar-refractivity contribution in [2.75, 3.05) is 13.1 Å². The fraction of sp³-hybridized carbons (Fsp3) is 0.333. The predicted molar refractivity (Wildman–Crippen MR) is 74.4 cm³/mol. The molecule has 0 saturated heterocycles. The third kappa shape index (κ3) is 3.09. The summed E-state index contributed by atoms with van der Waals surface area (Å²) in [6.45, 7) is 3.11. The second-order valence-electron chi connectivity index (χ2n) is 4.55. The van der Waals surface area contributed by atoms with E-state index in [0.29, 0.717) is 19.6 Å². The minimum Gasteiger partial charge on any atom is -0.478 e. The molecule has 1 aliphatic rings. The number of rotatable bonds is 2. The van der Waals surface area contributed by atoms with Crippen LogP contribution in [0.15, 0.2) is 18.2 Å². The Balaban J connectivity index is 2.08. The molecule has 0 fully saturated rings. The van der Waals surface area contributed by atoms with E-state index in [-0.39, 0.29) is 11.6 Å². The fourth-order valence-electron chi connectivity index (χ4n) is 2.18. The number of benzene rings is 1. The van der Waals surface area contributed by atoms with E-state index in [9.17, 15) is 9.59 Å². The highest BCUT2D eigenvalue weighted by atomic mass is 16.4. The van der Waals surface area contributed by atoms with Crippen LogP contribution in [0, 0.1) is 11.8 Å². The highest BCUT2D eigenvalue weighted by molar-refractivity contribution is 5.88. The Morgan fingerprint density at radius 3 is 2.90 bits per heavy atom. The molecule has 20 heavy (non-hydrogen) atoms. The van der Waals surface area contributed by atoms with Gasteiger partial charge < -0.3 is 15.3 Å². The van der Waals surface area contributed by atoms with E-state index < -0.39 is 5.97 Å². The molecule has 1 aromatic rings. The number of carbonyl (C=O) groups is 2. The molecular formula is C15H16N2O3. The number of carbonyl (C=O) groups excluding carboxylic acids is 1. The highest BCUT2D eigenvalue weighted by Crippen LogP contribution is 2.20. The molecule has 0 unspecified atom stereocenters. The Morgan fingerprint density at radius 2 is 2.20 bits per heavy atom. The Hall–Kier alpha value is -2.48. The molecule has 1 heterocycles. The molecule has 2 N–H and O–H groups in total. The van der Waals surface area contributed by atoms with Gasteiger partial charge in [-0.25, -0.2) is 9.59 Å². The number of carboxylic acids is 1. The van der Waals surface area contributed by atoms with Crippen molar-refractivity contribution in [2.45, 2.75) is 19.9 Å². The average molecular weight is 272 g/mol. The molecule has 2 rings (SSSR count). The molecule has 1 aromatic carbocycles. The third-order valence-corrected chi connectivity index (χ3v) is 3.26. The fourth-order valence-corrected chi connectivity index (χ4v) is 2.18. The largest absolute Gasteiger partial charge is 0.478 e. The SMILES string of the molecule is CC#CCNC(=O)N1CCc2ccc(C(=O)O)cc2C1. The predicted octanol–water partition coefficient (Wildman–Crippen LogP) is 1.48. The number of amides is 2. The molecule has 1 aliphatic heterocycles. The van der Waals surface area contributed by atoms with Gasteiger partial charge in [-0.05, 0) is 36.6 Å². The van der Waals surface area contributed by atoms with Crippen LogP contribution in [0.2, 0.25) is 0 Å². The summed E-state index contributed by atoms with van der Waals surface area (Å²) in [5.74, 6) is 4.54. The van der Waals surface area contributed by atoms with Crippen molar-refractivity contribution in [2.24, 2.45) is 0 Å².